The molecule has 0 aromatic rings. The van der Waals surface area contributed by atoms with Gasteiger partial charge >= 0.3 is 17.9 Å². The molecule has 0 aliphatic heterocycles. The van der Waals surface area contributed by atoms with E-state index in [9.17, 15) is 14.4 Å². The van der Waals surface area contributed by atoms with Crippen LogP contribution in [0.4, 0.5) is 0 Å². The Hall–Kier alpha value is -3.41. The van der Waals surface area contributed by atoms with Crippen LogP contribution in [0.1, 0.15) is 316 Å². The highest BCUT2D eigenvalue weighted by Gasteiger charge is 2.19. The molecule has 0 aliphatic carbocycles. The van der Waals surface area contributed by atoms with E-state index in [1.54, 1.807) is 0 Å². The Bertz CT molecular complexity index is 1430. The van der Waals surface area contributed by atoms with Crippen LogP contribution in [0.5, 0.6) is 0 Å². The van der Waals surface area contributed by atoms with Crippen LogP contribution in [0.3, 0.4) is 0 Å². The van der Waals surface area contributed by atoms with Gasteiger partial charge in [0.05, 0.1) is 0 Å². The van der Waals surface area contributed by atoms with Gasteiger partial charge in [-0.3, -0.25) is 14.4 Å². The molecule has 6 nitrogen and oxygen atoms in total. The molecule has 0 heterocycles. The number of hydrogen-bond acceptors (Lipinski definition) is 6. The first-order valence-electron chi connectivity index (χ1n) is 32.1. The third kappa shape index (κ3) is 61.3. The van der Waals surface area contributed by atoms with Crippen molar-refractivity contribution < 1.29 is 28.6 Å². The molecule has 0 aliphatic rings. The molecular weight excluding hydrogens is 925 g/mol. The fraction of sp³-hybridized carbons (Fsp3) is 0.754. The predicted molar refractivity (Wildman–Crippen MR) is 325 cm³/mol. The zero-order valence-corrected chi connectivity index (χ0v) is 49.6. The Labute approximate surface area is 465 Å². The lowest BCUT2D eigenvalue weighted by Crippen LogP contribution is -2.30. The summed E-state index contributed by atoms with van der Waals surface area (Å²) in [6, 6.07) is 0. The summed E-state index contributed by atoms with van der Waals surface area (Å²) >= 11 is 0. The number of ether oxygens (including phenoxy) is 3. The van der Waals surface area contributed by atoms with E-state index in [0.717, 1.165) is 116 Å². The Morgan fingerprint density at radius 2 is 0.520 bits per heavy atom. The van der Waals surface area contributed by atoms with Gasteiger partial charge in [0.15, 0.2) is 6.10 Å². The highest BCUT2D eigenvalue weighted by molar-refractivity contribution is 5.71. The Morgan fingerprint density at radius 3 is 0.813 bits per heavy atom. The van der Waals surface area contributed by atoms with E-state index in [4.69, 9.17) is 14.2 Å². The van der Waals surface area contributed by atoms with Crippen LogP contribution in [0.2, 0.25) is 0 Å². The zero-order chi connectivity index (χ0) is 54.3. The Kier molecular flexibility index (Phi) is 60.3. The fourth-order valence-corrected chi connectivity index (χ4v) is 9.09. The first-order chi connectivity index (χ1) is 37.0. The van der Waals surface area contributed by atoms with Crippen LogP contribution >= 0.6 is 0 Å². The molecule has 0 aromatic heterocycles. The van der Waals surface area contributed by atoms with Gasteiger partial charge in [0.2, 0.25) is 0 Å². The van der Waals surface area contributed by atoms with Gasteiger partial charge in [-0.05, 0) is 96.3 Å². The molecule has 6 heteroatoms. The molecule has 0 aromatic carbocycles. The summed E-state index contributed by atoms with van der Waals surface area (Å²) in [5.41, 5.74) is 0. The summed E-state index contributed by atoms with van der Waals surface area (Å²) in [6.45, 7) is 6.44. The van der Waals surface area contributed by atoms with Crippen molar-refractivity contribution >= 4 is 17.9 Å². The van der Waals surface area contributed by atoms with Crippen molar-refractivity contribution in [3.63, 3.8) is 0 Å². The third-order valence-electron chi connectivity index (χ3n) is 13.9. The van der Waals surface area contributed by atoms with Crippen molar-refractivity contribution in [3.05, 3.63) is 85.1 Å². The number of esters is 3. The number of rotatable bonds is 58. The maximum atomic E-state index is 12.8. The maximum absolute atomic E-state index is 12.8. The van der Waals surface area contributed by atoms with E-state index in [1.165, 1.54) is 161 Å². The SMILES string of the molecule is CC/C=C\C/C=C\C/C=C\C/C=C\CCCCCCCCC(=O)OC(COC(=O)CCCCCCC)COC(=O)CCCCCCCCCCCCCCCCCCCC/C=C\C/C=C\C/C=C\CCCCCCC. The average molecular weight is 1050 g/mol. The predicted octanol–water partition coefficient (Wildman–Crippen LogP) is 21.9. The van der Waals surface area contributed by atoms with E-state index < -0.39 is 6.10 Å². The van der Waals surface area contributed by atoms with Crippen molar-refractivity contribution in [1.29, 1.82) is 0 Å². The minimum atomic E-state index is -0.780. The summed E-state index contributed by atoms with van der Waals surface area (Å²) in [5.74, 6) is -0.899. The van der Waals surface area contributed by atoms with Gasteiger partial charge in [0.25, 0.3) is 0 Å². The molecule has 0 amide bonds. The summed E-state index contributed by atoms with van der Waals surface area (Å²) in [6.07, 6.45) is 83.7. The Balaban J connectivity index is 3.97. The molecule has 0 rings (SSSR count). The van der Waals surface area contributed by atoms with Gasteiger partial charge in [0.1, 0.15) is 13.2 Å². The summed E-state index contributed by atoms with van der Waals surface area (Å²) in [4.78, 5) is 37.9. The lowest BCUT2D eigenvalue weighted by molar-refractivity contribution is -0.167. The molecule has 0 N–H and O–H groups in total. The van der Waals surface area contributed by atoms with Crippen LogP contribution in [-0.4, -0.2) is 37.2 Å². The third-order valence-corrected chi connectivity index (χ3v) is 13.9. The standard InChI is InChI=1S/C69H120O6/c1-4-7-10-13-15-17-19-21-23-25-27-28-29-30-31-32-33-34-35-36-37-38-39-40-42-43-45-47-49-51-53-56-59-62-68(71)74-65-66(64-73-67(70)61-58-55-12-9-6-3)75-69(72)63-60-57-54-52-50-48-46-44-41-26-24-22-20-18-16-14-11-8-5-2/h8,11,16,18-19,21-22,24-25,27,29-30,41,44,66H,4-7,9-10,12-15,17,20,23,26,28,31-40,42-43,45-65H2,1-3H3/b11-8-,18-16-,21-19-,24-22-,27-25-,30-29-,44-41-. The van der Waals surface area contributed by atoms with E-state index in [2.05, 4.69) is 106 Å². The van der Waals surface area contributed by atoms with E-state index >= 15 is 0 Å². The second-order valence-electron chi connectivity index (χ2n) is 21.3. The smallest absolute Gasteiger partial charge is 0.306 e. The van der Waals surface area contributed by atoms with Gasteiger partial charge < -0.3 is 14.2 Å². The van der Waals surface area contributed by atoms with Crippen molar-refractivity contribution in [2.75, 3.05) is 13.2 Å². The molecule has 0 spiro atoms. The fourth-order valence-electron chi connectivity index (χ4n) is 9.09. The molecular formula is C69H120O6. The van der Waals surface area contributed by atoms with E-state index in [-0.39, 0.29) is 31.1 Å². The zero-order valence-electron chi connectivity index (χ0n) is 49.6. The normalized spacial score (nSPS) is 12.6. The first-order valence-corrected chi connectivity index (χ1v) is 32.1. The van der Waals surface area contributed by atoms with Crippen molar-refractivity contribution in [3.8, 4) is 0 Å². The molecule has 0 saturated heterocycles. The highest BCUT2D eigenvalue weighted by atomic mass is 16.6. The molecule has 0 radical (unpaired) electrons. The minimum absolute atomic E-state index is 0.0802. The van der Waals surface area contributed by atoms with Crippen LogP contribution < -0.4 is 0 Å². The summed E-state index contributed by atoms with van der Waals surface area (Å²) < 4.78 is 16.7. The average Bonchev–Trinajstić information content (AvgIpc) is 3.41. The molecule has 75 heavy (non-hydrogen) atoms. The first kappa shape index (κ1) is 71.6. The van der Waals surface area contributed by atoms with Crippen molar-refractivity contribution in [2.45, 2.75) is 322 Å². The molecule has 432 valence electrons. The topological polar surface area (TPSA) is 78.9 Å². The largest absolute Gasteiger partial charge is 0.462 e. The summed E-state index contributed by atoms with van der Waals surface area (Å²) in [5, 5.41) is 0. The van der Waals surface area contributed by atoms with E-state index in [0.29, 0.717) is 19.3 Å². The van der Waals surface area contributed by atoms with Crippen molar-refractivity contribution in [2.24, 2.45) is 0 Å². The number of carbonyl (C=O) groups is 3. The van der Waals surface area contributed by atoms with Crippen LogP contribution in [0, 0.1) is 0 Å². The maximum Gasteiger partial charge on any atom is 0.306 e. The quantitative estimate of drug-likeness (QED) is 0.0261. The molecule has 0 fully saturated rings. The lowest BCUT2D eigenvalue weighted by atomic mass is 10.0. The van der Waals surface area contributed by atoms with Crippen LogP contribution in [0.25, 0.3) is 0 Å². The van der Waals surface area contributed by atoms with Gasteiger partial charge in [0, 0.05) is 19.3 Å². The molecule has 0 saturated carbocycles. The Morgan fingerprint density at radius 1 is 0.280 bits per heavy atom. The molecule has 1 unspecified atom stereocenters. The number of carbonyl (C=O) groups excluding carboxylic acids is 3. The van der Waals surface area contributed by atoms with Crippen LogP contribution in [-0.2, 0) is 28.6 Å². The molecule has 0 bridgehead atoms. The van der Waals surface area contributed by atoms with Gasteiger partial charge in [-0.1, -0.05) is 286 Å². The summed E-state index contributed by atoms with van der Waals surface area (Å²) in [7, 11) is 0. The van der Waals surface area contributed by atoms with Gasteiger partial charge in [-0.2, -0.15) is 0 Å². The number of hydrogen-bond donors (Lipinski definition) is 0. The second-order valence-corrected chi connectivity index (χ2v) is 21.3. The van der Waals surface area contributed by atoms with Gasteiger partial charge in [-0.25, -0.2) is 0 Å². The number of unbranched alkanes of at least 4 members (excludes halogenated alkanes) is 33. The van der Waals surface area contributed by atoms with Gasteiger partial charge in [-0.15, -0.1) is 0 Å². The van der Waals surface area contributed by atoms with E-state index in [1.807, 2.05) is 0 Å². The number of allylic oxidation sites excluding steroid dienone is 14. The second kappa shape index (κ2) is 63.1. The monoisotopic (exact) mass is 1040 g/mol. The molecule has 1 atom stereocenters. The minimum Gasteiger partial charge on any atom is -0.462 e. The van der Waals surface area contributed by atoms with Crippen LogP contribution in [0.15, 0.2) is 85.1 Å². The lowest BCUT2D eigenvalue weighted by Gasteiger charge is -2.18. The highest BCUT2D eigenvalue weighted by Crippen LogP contribution is 2.17. The van der Waals surface area contributed by atoms with Crippen molar-refractivity contribution in [1.82, 2.24) is 0 Å².